The summed E-state index contributed by atoms with van der Waals surface area (Å²) >= 11 is 0. The topological polar surface area (TPSA) is 85.2 Å². The number of aromatic amines is 1. The third-order valence-electron chi connectivity index (χ3n) is 2.39. The number of carbonyl (C=O) groups is 1. The van der Waals surface area contributed by atoms with Crippen LogP contribution in [0.3, 0.4) is 0 Å². The smallest absolute Gasteiger partial charge is 0.310 e. The van der Waals surface area contributed by atoms with E-state index in [1.807, 2.05) is 0 Å². The van der Waals surface area contributed by atoms with Crippen molar-refractivity contribution < 1.29 is 18.3 Å². The van der Waals surface area contributed by atoms with E-state index in [-0.39, 0.29) is 24.3 Å². The molecule has 0 radical (unpaired) electrons. The van der Waals surface area contributed by atoms with Gasteiger partial charge in [-0.05, 0) is 12.5 Å². The third kappa shape index (κ3) is 3.13. The van der Waals surface area contributed by atoms with Gasteiger partial charge in [0, 0.05) is 23.9 Å². The molecule has 0 bridgehead atoms. The van der Waals surface area contributed by atoms with Crippen LogP contribution >= 0.6 is 0 Å². The fourth-order valence-corrected chi connectivity index (χ4v) is 1.61. The third-order valence-corrected chi connectivity index (χ3v) is 2.39. The Hall–Kier alpha value is -1.76. The first-order valence-corrected chi connectivity index (χ1v) is 5.38. The van der Waals surface area contributed by atoms with Crippen LogP contribution in [-0.2, 0) is 22.5 Å². The zero-order valence-corrected chi connectivity index (χ0v) is 9.83. The monoisotopic (exact) mass is 260 g/mol. The molecule has 0 aliphatic carbocycles. The van der Waals surface area contributed by atoms with Crippen molar-refractivity contribution in [2.45, 2.75) is 26.3 Å². The van der Waals surface area contributed by atoms with Gasteiger partial charge in [-0.3, -0.25) is 9.59 Å². The summed E-state index contributed by atoms with van der Waals surface area (Å²) in [4.78, 5) is 25.1. The lowest BCUT2D eigenvalue weighted by molar-refractivity contribution is -0.142. The molecule has 1 aromatic heterocycles. The van der Waals surface area contributed by atoms with Crippen LogP contribution in [-0.4, -0.2) is 17.6 Å². The number of nitrogens with two attached hydrogens (primary N) is 1. The number of esters is 1. The Labute approximate surface area is 102 Å². The number of aromatic nitrogens is 1. The van der Waals surface area contributed by atoms with Gasteiger partial charge in [0.15, 0.2) is 0 Å². The number of hydrogen-bond donors (Lipinski definition) is 2. The molecule has 0 aromatic carbocycles. The second-order valence-electron chi connectivity index (χ2n) is 3.52. The number of halogens is 2. The molecule has 1 rings (SSSR count). The van der Waals surface area contributed by atoms with Crippen LogP contribution in [0.25, 0.3) is 0 Å². The second kappa shape index (κ2) is 6.25. The molecule has 3 N–H and O–H groups in total. The average Bonchev–Trinajstić information content (AvgIpc) is 2.31. The fraction of sp³-hybridized carbons (Fsp3) is 0.455. The molecule has 1 heterocycles. The van der Waals surface area contributed by atoms with Gasteiger partial charge in [-0.15, -0.1) is 0 Å². The maximum absolute atomic E-state index is 12.9. The first kappa shape index (κ1) is 14.3. The lowest BCUT2D eigenvalue weighted by atomic mass is 10.0. The summed E-state index contributed by atoms with van der Waals surface area (Å²) in [5, 5.41) is 0. The Bertz CT molecular complexity index is 486. The van der Waals surface area contributed by atoms with Gasteiger partial charge in [-0.2, -0.15) is 0 Å². The molecular formula is C11H14F2N2O3. The van der Waals surface area contributed by atoms with Crippen LogP contribution in [0.2, 0.25) is 0 Å². The van der Waals surface area contributed by atoms with Crippen molar-refractivity contribution >= 4 is 5.97 Å². The molecule has 0 aliphatic rings. The Balaban J connectivity index is 3.23. The van der Waals surface area contributed by atoms with Gasteiger partial charge >= 0.3 is 5.97 Å². The van der Waals surface area contributed by atoms with Crippen LogP contribution in [0.1, 0.15) is 30.0 Å². The predicted octanol–water partition coefficient (Wildman–Crippen LogP) is 0.877. The zero-order valence-electron chi connectivity index (χ0n) is 9.83. The minimum atomic E-state index is -2.87. The standard InChI is InChI=1S/C11H14F2N2O3/c1-2-18-8(16)3-7-9(10(12)13)6(4-14)5-15-11(7)17/h5,10H,2-4,14H2,1H3,(H,15,17). The van der Waals surface area contributed by atoms with Crippen molar-refractivity contribution in [1.29, 1.82) is 0 Å². The van der Waals surface area contributed by atoms with Crippen LogP contribution in [0, 0.1) is 0 Å². The van der Waals surface area contributed by atoms with E-state index in [4.69, 9.17) is 5.73 Å². The molecule has 0 fully saturated rings. The van der Waals surface area contributed by atoms with E-state index in [1.54, 1.807) is 6.92 Å². The van der Waals surface area contributed by atoms with Crippen molar-refractivity contribution in [3.63, 3.8) is 0 Å². The summed E-state index contributed by atoms with van der Waals surface area (Å²) in [6, 6.07) is 0. The number of carbonyl (C=O) groups excluding carboxylic acids is 1. The number of ether oxygens (including phenoxy) is 1. The predicted molar refractivity (Wildman–Crippen MR) is 60.2 cm³/mol. The summed E-state index contributed by atoms with van der Waals surface area (Å²) in [7, 11) is 0. The molecule has 0 amide bonds. The second-order valence-corrected chi connectivity index (χ2v) is 3.52. The van der Waals surface area contributed by atoms with Crippen molar-refractivity contribution in [1.82, 2.24) is 4.98 Å². The summed E-state index contributed by atoms with van der Waals surface area (Å²) in [5.74, 6) is -0.723. The van der Waals surface area contributed by atoms with Gasteiger partial charge in [0.2, 0.25) is 0 Å². The van der Waals surface area contributed by atoms with Crippen molar-refractivity contribution in [2.75, 3.05) is 6.61 Å². The normalized spacial score (nSPS) is 10.7. The number of rotatable bonds is 5. The molecule has 0 saturated carbocycles. The highest BCUT2D eigenvalue weighted by Gasteiger charge is 2.22. The molecule has 0 spiro atoms. The highest BCUT2D eigenvalue weighted by Crippen LogP contribution is 2.24. The fourth-order valence-electron chi connectivity index (χ4n) is 1.61. The SMILES string of the molecule is CCOC(=O)Cc1c(C(F)F)c(CN)c[nH]c1=O. The largest absolute Gasteiger partial charge is 0.466 e. The number of nitrogens with one attached hydrogen (secondary N) is 1. The van der Waals surface area contributed by atoms with Crippen molar-refractivity contribution in [2.24, 2.45) is 5.73 Å². The molecule has 7 heteroatoms. The molecule has 5 nitrogen and oxygen atoms in total. The summed E-state index contributed by atoms with van der Waals surface area (Å²) < 4.78 is 30.5. The molecule has 0 atom stereocenters. The van der Waals surface area contributed by atoms with Gasteiger partial charge in [-0.25, -0.2) is 8.78 Å². The highest BCUT2D eigenvalue weighted by molar-refractivity contribution is 5.73. The summed E-state index contributed by atoms with van der Waals surface area (Å²) in [5.41, 5.74) is 3.95. The quantitative estimate of drug-likeness (QED) is 0.769. The first-order valence-electron chi connectivity index (χ1n) is 5.38. The van der Waals surface area contributed by atoms with Crippen LogP contribution in [0.4, 0.5) is 8.78 Å². The lowest BCUT2D eigenvalue weighted by Crippen LogP contribution is -2.23. The van der Waals surface area contributed by atoms with Crippen LogP contribution < -0.4 is 11.3 Å². The number of H-pyrrole nitrogens is 1. The molecule has 0 saturated heterocycles. The van der Waals surface area contributed by atoms with Crippen LogP contribution in [0.5, 0.6) is 0 Å². The maximum Gasteiger partial charge on any atom is 0.310 e. The van der Waals surface area contributed by atoms with Crippen molar-refractivity contribution in [3.05, 3.63) is 33.2 Å². The van der Waals surface area contributed by atoms with E-state index in [1.165, 1.54) is 0 Å². The van der Waals surface area contributed by atoms with Gasteiger partial charge in [0.1, 0.15) is 0 Å². The summed E-state index contributed by atoms with van der Waals surface area (Å²) in [6.07, 6.45) is -2.22. The van der Waals surface area contributed by atoms with Gasteiger partial charge in [0.25, 0.3) is 12.0 Å². The number of alkyl halides is 2. The first-order chi connectivity index (χ1) is 8.51. The van der Waals surface area contributed by atoms with Crippen LogP contribution in [0.15, 0.2) is 11.0 Å². The Morgan fingerprint density at radius 1 is 1.56 bits per heavy atom. The summed E-state index contributed by atoms with van der Waals surface area (Å²) in [6.45, 7) is 1.57. The molecule has 18 heavy (non-hydrogen) atoms. The number of hydrogen-bond acceptors (Lipinski definition) is 4. The molecule has 100 valence electrons. The van der Waals surface area contributed by atoms with E-state index < -0.39 is 29.9 Å². The zero-order chi connectivity index (χ0) is 13.7. The van der Waals surface area contributed by atoms with E-state index in [0.29, 0.717) is 0 Å². The Kier molecular flexibility index (Phi) is 4.96. The van der Waals surface area contributed by atoms with Gasteiger partial charge in [0.05, 0.1) is 13.0 Å². The minimum Gasteiger partial charge on any atom is -0.466 e. The van der Waals surface area contributed by atoms with Gasteiger partial charge < -0.3 is 15.5 Å². The highest BCUT2D eigenvalue weighted by atomic mass is 19.3. The molecular weight excluding hydrogens is 246 g/mol. The van der Waals surface area contributed by atoms with E-state index in [2.05, 4.69) is 9.72 Å². The van der Waals surface area contributed by atoms with E-state index in [0.717, 1.165) is 6.20 Å². The van der Waals surface area contributed by atoms with E-state index >= 15 is 0 Å². The van der Waals surface area contributed by atoms with Gasteiger partial charge in [-0.1, -0.05) is 0 Å². The maximum atomic E-state index is 12.9. The molecule has 0 aliphatic heterocycles. The Morgan fingerprint density at radius 2 is 2.22 bits per heavy atom. The Morgan fingerprint density at radius 3 is 2.72 bits per heavy atom. The minimum absolute atomic E-state index is 0.115. The van der Waals surface area contributed by atoms with Crippen molar-refractivity contribution in [3.8, 4) is 0 Å². The molecule has 1 aromatic rings. The molecule has 0 unspecified atom stereocenters. The lowest BCUT2D eigenvalue weighted by Gasteiger charge is -2.11. The van der Waals surface area contributed by atoms with E-state index in [9.17, 15) is 18.4 Å². The average molecular weight is 260 g/mol. The number of pyridine rings is 1.